The number of aliphatic hydroxyl groups is 1. The van der Waals surface area contributed by atoms with E-state index in [9.17, 15) is 43.2 Å². The molecule has 0 aromatic carbocycles. The molecule has 0 bridgehead atoms. The number of carbonyl (C=O) groups is 4. The number of hydrogen-bond acceptors (Lipinski definition) is 15. The Hall–Kier alpha value is -1.94. The monoisotopic (exact) mass is 1270 g/mol. The zero-order valence-corrected chi connectivity index (χ0v) is 57.7. The van der Waals surface area contributed by atoms with Gasteiger partial charge in [0.2, 0.25) is 0 Å². The van der Waals surface area contributed by atoms with Gasteiger partial charge in [-0.15, -0.1) is 0 Å². The van der Waals surface area contributed by atoms with Crippen LogP contribution in [0.15, 0.2) is 0 Å². The van der Waals surface area contributed by atoms with E-state index in [-0.39, 0.29) is 25.7 Å². The van der Waals surface area contributed by atoms with Crippen LogP contribution in [0.5, 0.6) is 0 Å². The van der Waals surface area contributed by atoms with Crippen LogP contribution in [-0.4, -0.2) is 96.7 Å². The Morgan fingerprint density at radius 3 is 0.826 bits per heavy atom. The van der Waals surface area contributed by atoms with E-state index in [4.69, 9.17) is 37.0 Å². The first-order valence-corrected chi connectivity index (χ1v) is 37.7. The van der Waals surface area contributed by atoms with E-state index in [2.05, 4.69) is 55.4 Å². The van der Waals surface area contributed by atoms with E-state index in [1.807, 2.05) is 0 Å². The molecule has 0 spiro atoms. The molecule has 86 heavy (non-hydrogen) atoms. The van der Waals surface area contributed by atoms with Crippen LogP contribution in [0.2, 0.25) is 0 Å². The average molecular weight is 1270 g/mol. The molecule has 17 nitrogen and oxygen atoms in total. The van der Waals surface area contributed by atoms with E-state index in [0.717, 1.165) is 115 Å². The second-order valence-corrected chi connectivity index (χ2v) is 28.8. The van der Waals surface area contributed by atoms with Crippen molar-refractivity contribution >= 4 is 39.5 Å². The van der Waals surface area contributed by atoms with Crippen molar-refractivity contribution in [1.29, 1.82) is 0 Å². The van der Waals surface area contributed by atoms with Crippen LogP contribution in [0.25, 0.3) is 0 Å². The van der Waals surface area contributed by atoms with Crippen LogP contribution < -0.4 is 0 Å². The van der Waals surface area contributed by atoms with Crippen LogP contribution in [0, 0.1) is 23.7 Å². The molecule has 0 aliphatic carbocycles. The van der Waals surface area contributed by atoms with Crippen molar-refractivity contribution in [2.24, 2.45) is 23.7 Å². The Balaban J connectivity index is 5.22. The minimum atomic E-state index is -4.95. The molecule has 0 rings (SSSR count). The van der Waals surface area contributed by atoms with Crippen molar-refractivity contribution in [3.63, 3.8) is 0 Å². The van der Waals surface area contributed by atoms with Gasteiger partial charge in [-0.2, -0.15) is 0 Å². The fourth-order valence-corrected chi connectivity index (χ4v) is 11.5. The number of phosphoric ester groups is 2. The summed E-state index contributed by atoms with van der Waals surface area (Å²) < 4.78 is 68.1. The quantitative estimate of drug-likeness (QED) is 0.0222. The third-order valence-corrected chi connectivity index (χ3v) is 17.6. The van der Waals surface area contributed by atoms with E-state index < -0.39 is 97.5 Å². The van der Waals surface area contributed by atoms with Gasteiger partial charge in [0.25, 0.3) is 0 Å². The highest BCUT2D eigenvalue weighted by atomic mass is 31.2. The topological polar surface area (TPSA) is 237 Å². The van der Waals surface area contributed by atoms with E-state index >= 15 is 0 Å². The minimum Gasteiger partial charge on any atom is -0.462 e. The third kappa shape index (κ3) is 59.7. The zero-order valence-electron chi connectivity index (χ0n) is 55.9. The number of aliphatic hydroxyl groups excluding tert-OH is 1. The number of carbonyl (C=O) groups excluding carboxylic acids is 4. The number of esters is 4. The fraction of sp³-hybridized carbons (Fsp3) is 0.940. The summed E-state index contributed by atoms with van der Waals surface area (Å²) in [5.41, 5.74) is 0. The van der Waals surface area contributed by atoms with Gasteiger partial charge in [0.1, 0.15) is 19.3 Å². The van der Waals surface area contributed by atoms with Gasteiger partial charge in [-0.25, -0.2) is 9.13 Å². The molecule has 0 aliphatic rings. The fourth-order valence-electron chi connectivity index (χ4n) is 9.93. The van der Waals surface area contributed by atoms with Crippen LogP contribution in [0.1, 0.15) is 325 Å². The maximum atomic E-state index is 13.0. The molecule has 3 N–H and O–H groups in total. The standard InChI is InChI=1S/C67H130O17P2/c1-9-60(8)46-38-30-24-26-32-40-48-65(70)78-54-62(83-66(71)49-41-33-21-17-15-13-11-10-12-14-16-19-27-35-43-57(2)3)55-81-85(73,74)79-51-61(68)52-80-86(75,76)82-56-63(53-77-64(69)47-39-31-25-23-29-37-45-59(6)7)84-67(72)50-42-34-22-18-20-28-36-44-58(4)5/h57-63,68H,9-56H2,1-8H3,(H,73,74)(H,75,76)/t60?,61-,62-,63-/m1/s1. The Morgan fingerprint density at radius 2 is 0.558 bits per heavy atom. The van der Waals surface area contributed by atoms with E-state index in [1.165, 1.54) is 116 Å². The first-order valence-electron chi connectivity index (χ1n) is 34.7. The summed E-state index contributed by atoms with van der Waals surface area (Å²) in [4.78, 5) is 72.3. The highest BCUT2D eigenvalue weighted by molar-refractivity contribution is 7.47. The Morgan fingerprint density at radius 1 is 0.326 bits per heavy atom. The van der Waals surface area contributed by atoms with Crippen LogP contribution >= 0.6 is 15.6 Å². The molecule has 0 heterocycles. The van der Waals surface area contributed by atoms with Gasteiger partial charge in [0.05, 0.1) is 26.4 Å². The van der Waals surface area contributed by atoms with E-state index in [0.29, 0.717) is 37.5 Å². The van der Waals surface area contributed by atoms with Crippen molar-refractivity contribution < 1.29 is 80.2 Å². The second-order valence-electron chi connectivity index (χ2n) is 25.9. The molecule has 19 heteroatoms. The van der Waals surface area contributed by atoms with Gasteiger partial charge in [0.15, 0.2) is 12.2 Å². The Bertz CT molecular complexity index is 1720. The average Bonchev–Trinajstić information content (AvgIpc) is 3.68. The predicted molar refractivity (Wildman–Crippen MR) is 344 cm³/mol. The van der Waals surface area contributed by atoms with Gasteiger partial charge in [-0.1, -0.05) is 274 Å². The summed E-state index contributed by atoms with van der Waals surface area (Å²) in [7, 11) is -9.89. The number of phosphoric acid groups is 2. The third-order valence-electron chi connectivity index (χ3n) is 15.7. The Labute approximate surface area is 524 Å². The van der Waals surface area contributed by atoms with Crippen LogP contribution in [0.3, 0.4) is 0 Å². The predicted octanol–water partition coefficient (Wildman–Crippen LogP) is 18.5. The number of ether oxygens (including phenoxy) is 4. The zero-order chi connectivity index (χ0) is 63.9. The molecule has 6 atom stereocenters. The Kier molecular flexibility index (Phi) is 55.7. The molecule has 0 aromatic rings. The number of hydrogen-bond donors (Lipinski definition) is 3. The molecule has 0 saturated heterocycles. The number of unbranched alkanes of at least 4 members (excludes halogenated alkanes) is 29. The molecule has 0 amide bonds. The molecular weight excluding hydrogens is 1140 g/mol. The van der Waals surface area contributed by atoms with Crippen molar-refractivity contribution in [2.45, 2.75) is 343 Å². The molecule has 0 saturated carbocycles. The summed E-state index contributed by atoms with van der Waals surface area (Å²) in [6.45, 7) is 14.0. The van der Waals surface area contributed by atoms with Crippen LogP contribution in [-0.2, 0) is 65.4 Å². The molecular formula is C67H130O17P2. The normalized spacial score (nSPS) is 14.7. The lowest BCUT2D eigenvalue weighted by Crippen LogP contribution is -2.30. The lowest BCUT2D eigenvalue weighted by molar-refractivity contribution is -0.161. The number of rotatable bonds is 64. The molecule has 0 aliphatic heterocycles. The van der Waals surface area contributed by atoms with Gasteiger partial charge in [-0.05, 0) is 49.4 Å². The van der Waals surface area contributed by atoms with Crippen molar-refractivity contribution in [3.8, 4) is 0 Å². The molecule has 510 valence electrons. The summed E-state index contributed by atoms with van der Waals surface area (Å²) in [5, 5.41) is 10.6. The van der Waals surface area contributed by atoms with Gasteiger partial charge < -0.3 is 33.8 Å². The lowest BCUT2D eigenvalue weighted by atomic mass is 10.00. The van der Waals surface area contributed by atoms with Gasteiger partial charge in [-0.3, -0.25) is 37.3 Å². The smallest absolute Gasteiger partial charge is 0.462 e. The maximum Gasteiger partial charge on any atom is 0.472 e. The van der Waals surface area contributed by atoms with Crippen molar-refractivity contribution in [2.75, 3.05) is 39.6 Å². The summed E-state index contributed by atoms with van der Waals surface area (Å²) >= 11 is 0. The highest BCUT2D eigenvalue weighted by Gasteiger charge is 2.30. The van der Waals surface area contributed by atoms with Crippen molar-refractivity contribution in [3.05, 3.63) is 0 Å². The second kappa shape index (κ2) is 57.0. The summed E-state index contributed by atoms with van der Waals surface area (Å²) in [5.74, 6) is 0.763. The van der Waals surface area contributed by atoms with Crippen molar-refractivity contribution in [1.82, 2.24) is 0 Å². The molecule has 0 radical (unpaired) electrons. The maximum absolute atomic E-state index is 13.0. The van der Waals surface area contributed by atoms with E-state index in [1.54, 1.807) is 0 Å². The highest BCUT2D eigenvalue weighted by Crippen LogP contribution is 2.45. The first-order chi connectivity index (χ1) is 41.1. The molecule has 0 aromatic heterocycles. The summed E-state index contributed by atoms with van der Waals surface area (Å²) in [6, 6.07) is 0. The summed E-state index contributed by atoms with van der Waals surface area (Å²) in [6.07, 6.45) is 37.9. The van der Waals surface area contributed by atoms with Gasteiger partial charge in [0, 0.05) is 25.7 Å². The largest absolute Gasteiger partial charge is 0.472 e. The lowest BCUT2D eigenvalue weighted by Gasteiger charge is -2.21. The molecule has 0 fully saturated rings. The minimum absolute atomic E-state index is 0.102. The van der Waals surface area contributed by atoms with Crippen LogP contribution in [0.4, 0.5) is 0 Å². The van der Waals surface area contributed by atoms with Gasteiger partial charge >= 0.3 is 39.5 Å². The molecule has 3 unspecified atom stereocenters. The first kappa shape index (κ1) is 84.1. The SMILES string of the molecule is CCC(C)CCCCCCCCC(=O)OC[C@H](COP(=O)(O)OC[C@@H](O)COP(=O)(O)OC[C@@H](COC(=O)CCCCCCCCC(C)C)OC(=O)CCCCCCCCCC(C)C)OC(=O)CCCCCCCCCCCCCCCCC(C)C.